The predicted octanol–water partition coefficient (Wildman–Crippen LogP) is 4.77. The standard InChI is InChI=1S/C32H36N6O2/c1-4-22-8-11-24(12-9-22)30-33-25-6-5-7-28(29(25)35-30)37-16-14-36(15-17-37)20-23-10-13-27-26(18-23)34-31(39)32(40)38(27)19-21(2)3/h5-13,18,21H,4,14-17,19-20H2,1-3H3,(H,33,35)(H,34,39). The molecule has 0 unspecified atom stereocenters. The molecule has 0 aliphatic carbocycles. The molecule has 3 aromatic carbocycles. The van der Waals surface area contributed by atoms with E-state index in [1.165, 1.54) is 11.3 Å². The first-order valence-electron chi connectivity index (χ1n) is 14.2. The summed E-state index contributed by atoms with van der Waals surface area (Å²) in [6.07, 6.45) is 1.03. The quantitative estimate of drug-likeness (QED) is 0.293. The highest BCUT2D eigenvalue weighted by Gasteiger charge is 2.21. The second-order valence-corrected chi connectivity index (χ2v) is 11.2. The van der Waals surface area contributed by atoms with Crippen LogP contribution in [0.5, 0.6) is 0 Å². The summed E-state index contributed by atoms with van der Waals surface area (Å²) in [5.41, 5.74) is 7.24. The Morgan fingerprint density at radius 3 is 2.38 bits per heavy atom. The normalized spacial score (nSPS) is 14.6. The van der Waals surface area contributed by atoms with Crippen molar-refractivity contribution in [3.05, 3.63) is 92.5 Å². The average Bonchev–Trinajstić information content (AvgIpc) is 3.40. The Labute approximate surface area is 233 Å². The van der Waals surface area contributed by atoms with Crippen molar-refractivity contribution in [2.45, 2.75) is 40.3 Å². The summed E-state index contributed by atoms with van der Waals surface area (Å²) in [5.74, 6) is 1.17. The van der Waals surface area contributed by atoms with Crippen molar-refractivity contribution in [1.82, 2.24) is 24.4 Å². The molecule has 1 fully saturated rings. The highest BCUT2D eigenvalue weighted by Crippen LogP contribution is 2.29. The van der Waals surface area contributed by atoms with Gasteiger partial charge < -0.3 is 19.4 Å². The summed E-state index contributed by atoms with van der Waals surface area (Å²) in [4.78, 5) is 40.9. The molecule has 8 nitrogen and oxygen atoms in total. The van der Waals surface area contributed by atoms with Crippen LogP contribution in [-0.2, 0) is 19.5 Å². The number of hydrogen-bond donors (Lipinski definition) is 2. The molecule has 2 N–H and O–H groups in total. The van der Waals surface area contributed by atoms with Crippen molar-refractivity contribution in [2.75, 3.05) is 31.1 Å². The number of piperazine rings is 1. The van der Waals surface area contributed by atoms with Crippen molar-refractivity contribution in [3.63, 3.8) is 0 Å². The Hall–Kier alpha value is -4.17. The van der Waals surface area contributed by atoms with Crippen LogP contribution in [0.3, 0.4) is 0 Å². The van der Waals surface area contributed by atoms with E-state index in [1.54, 1.807) is 4.57 Å². The van der Waals surface area contributed by atoms with Gasteiger partial charge in [0.05, 0.1) is 27.8 Å². The Morgan fingerprint density at radius 2 is 1.65 bits per heavy atom. The number of anilines is 1. The van der Waals surface area contributed by atoms with Crippen LogP contribution in [0.1, 0.15) is 31.9 Å². The van der Waals surface area contributed by atoms with E-state index in [4.69, 9.17) is 4.98 Å². The number of nitrogens with zero attached hydrogens (tertiary/aromatic N) is 4. The van der Waals surface area contributed by atoms with Crippen molar-refractivity contribution >= 4 is 27.8 Å². The Morgan fingerprint density at radius 1 is 0.900 bits per heavy atom. The molecule has 0 saturated carbocycles. The molecule has 6 rings (SSSR count). The summed E-state index contributed by atoms with van der Waals surface area (Å²) in [6, 6.07) is 21.0. The van der Waals surface area contributed by atoms with Crippen LogP contribution in [-0.4, -0.2) is 50.6 Å². The van der Waals surface area contributed by atoms with Gasteiger partial charge in [0.15, 0.2) is 0 Å². The number of rotatable bonds is 7. The highest BCUT2D eigenvalue weighted by atomic mass is 16.2. The van der Waals surface area contributed by atoms with E-state index in [0.29, 0.717) is 12.1 Å². The van der Waals surface area contributed by atoms with Crippen molar-refractivity contribution in [3.8, 4) is 11.4 Å². The molecule has 1 aliphatic rings. The number of para-hydroxylation sites is 1. The zero-order valence-electron chi connectivity index (χ0n) is 23.4. The van der Waals surface area contributed by atoms with E-state index in [2.05, 4.69) is 75.2 Å². The van der Waals surface area contributed by atoms with E-state index in [9.17, 15) is 9.59 Å². The molecular weight excluding hydrogens is 500 g/mol. The first-order chi connectivity index (χ1) is 19.4. The Balaban J connectivity index is 1.17. The number of imidazole rings is 1. The number of aromatic nitrogens is 4. The zero-order valence-corrected chi connectivity index (χ0v) is 23.4. The Bertz CT molecular complexity index is 1770. The number of H-pyrrole nitrogens is 2. The molecule has 0 amide bonds. The number of nitrogens with one attached hydrogen (secondary N) is 2. The first kappa shape index (κ1) is 26.1. The number of aromatic amines is 2. The van der Waals surface area contributed by atoms with Gasteiger partial charge in [-0.25, -0.2) is 4.98 Å². The fraction of sp³-hybridized carbons (Fsp3) is 0.344. The van der Waals surface area contributed by atoms with Crippen LogP contribution >= 0.6 is 0 Å². The molecule has 0 radical (unpaired) electrons. The average molecular weight is 537 g/mol. The van der Waals surface area contributed by atoms with Crippen molar-refractivity contribution < 1.29 is 0 Å². The molecule has 2 aromatic heterocycles. The van der Waals surface area contributed by atoms with Gasteiger partial charge in [-0.15, -0.1) is 0 Å². The minimum Gasteiger partial charge on any atom is -0.367 e. The van der Waals surface area contributed by atoms with Gasteiger partial charge in [0.25, 0.3) is 0 Å². The van der Waals surface area contributed by atoms with Gasteiger partial charge in [0, 0.05) is 44.8 Å². The second kappa shape index (κ2) is 10.8. The molecule has 40 heavy (non-hydrogen) atoms. The van der Waals surface area contributed by atoms with Crippen LogP contribution in [0.2, 0.25) is 0 Å². The molecule has 0 bridgehead atoms. The SMILES string of the molecule is CCc1ccc(-c2nc3cccc(N4CCN(Cc5ccc6c(c5)[nH]c(=O)c(=O)n6CC(C)C)CC4)c3[nH]2)cc1. The zero-order chi connectivity index (χ0) is 27.8. The van der Waals surface area contributed by atoms with Gasteiger partial charge in [-0.05, 0) is 47.7 Å². The molecule has 5 aromatic rings. The van der Waals surface area contributed by atoms with Gasteiger partial charge in [-0.2, -0.15) is 0 Å². The maximum absolute atomic E-state index is 12.4. The van der Waals surface area contributed by atoms with Crippen LogP contribution in [0.4, 0.5) is 5.69 Å². The predicted molar refractivity (Wildman–Crippen MR) is 162 cm³/mol. The van der Waals surface area contributed by atoms with Gasteiger partial charge in [0.2, 0.25) is 0 Å². The molecule has 206 valence electrons. The Kier molecular flexibility index (Phi) is 7.02. The number of aryl methyl sites for hydroxylation is 1. The van der Waals surface area contributed by atoms with E-state index < -0.39 is 11.1 Å². The molecule has 0 atom stereocenters. The molecule has 3 heterocycles. The number of fused-ring (bicyclic) bond motifs is 2. The van der Waals surface area contributed by atoms with E-state index in [0.717, 1.165) is 72.6 Å². The summed E-state index contributed by atoms with van der Waals surface area (Å²) in [7, 11) is 0. The third-order valence-corrected chi connectivity index (χ3v) is 7.84. The largest absolute Gasteiger partial charge is 0.367 e. The monoisotopic (exact) mass is 536 g/mol. The molecule has 8 heteroatoms. The minimum atomic E-state index is -0.562. The fourth-order valence-electron chi connectivity index (χ4n) is 5.69. The van der Waals surface area contributed by atoms with Gasteiger partial charge in [0.1, 0.15) is 5.82 Å². The topological polar surface area (TPSA) is 90.0 Å². The lowest BCUT2D eigenvalue weighted by atomic mass is 10.1. The number of hydrogen-bond acceptors (Lipinski definition) is 5. The van der Waals surface area contributed by atoms with Crippen molar-refractivity contribution in [2.24, 2.45) is 5.92 Å². The highest BCUT2D eigenvalue weighted by molar-refractivity contribution is 5.91. The first-order valence-corrected chi connectivity index (χ1v) is 14.2. The van der Waals surface area contributed by atoms with Crippen LogP contribution in [0.15, 0.2) is 70.3 Å². The maximum Gasteiger partial charge on any atom is 0.316 e. The molecular formula is C32H36N6O2. The molecule has 1 aliphatic heterocycles. The lowest BCUT2D eigenvalue weighted by molar-refractivity contribution is 0.250. The van der Waals surface area contributed by atoms with Crippen LogP contribution in [0, 0.1) is 5.92 Å². The summed E-state index contributed by atoms with van der Waals surface area (Å²) >= 11 is 0. The lowest BCUT2D eigenvalue weighted by Crippen LogP contribution is -2.46. The summed E-state index contributed by atoms with van der Waals surface area (Å²) in [5, 5.41) is 0. The van der Waals surface area contributed by atoms with E-state index in [1.807, 2.05) is 26.0 Å². The summed E-state index contributed by atoms with van der Waals surface area (Å²) < 4.78 is 1.60. The van der Waals surface area contributed by atoms with Crippen LogP contribution < -0.4 is 16.0 Å². The third-order valence-electron chi connectivity index (χ3n) is 7.84. The maximum atomic E-state index is 12.4. The molecule has 0 spiro atoms. The fourth-order valence-corrected chi connectivity index (χ4v) is 5.69. The third kappa shape index (κ3) is 5.07. The minimum absolute atomic E-state index is 0.269. The van der Waals surface area contributed by atoms with Gasteiger partial charge in [-0.3, -0.25) is 14.5 Å². The van der Waals surface area contributed by atoms with E-state index >= 15 is 0 Å². The van der Waals surface area contributed by atoms with Gasteiger partial charge in [-0.1, -0.05) is 57.2 Å². The molecule has 1 saturated heterocycles. The number of benzene rings is 3. The smallest absolute Gasteiger partial charge is 0.316 e. The second-order valence-electron chi connectivity index (χ2n) is 11.2. The van der Waals surface area contributed by atoms with Gasteiger partial charge >= 0.3 is 11.1 Å². The van der Waals surface area contributed by atoms with E-state index in [-0.39, 0.29) is 5.92 Å². The van der Waals surface area contributed by atoms with Crippen LogP contribution in [0.25, 0.3) is 33.5 Å². The van der Waals surface area contributed by atoms with Crippen molar-refractivity contribution in [1.29, 1.82) is 0 Å². The summed E-state index contributed by atoms with van der Waals surface area (Å²) in [6.45, 7) is 11.3. The lowest BCUT2D eigenvalue weighted by Gasteiger charge is -2.36.